The van der Waals surface area contributed by atoms with Gasteiger partial charge in [-0.1, -0.05) is 71.9 Å². The highest BCUT2D eigenvalue weighted by Crippen LogP contribution is 2.10. The number of hydrogen-bond donors (Lipinski definition) is 2. The molecule has 2 amide bonds. The van der Waals surface area contributed by atoms with Gasteiger partial charge in [0.25, 0.3) is 0 Å². The van der Waals surface area contributed by atoms with Crippen LogP contribution in [0.5, 0.6) is 0 Å². The second-order valence-corrected chi connectivity index (χ2v) is 7.71. The number of amides is 2. The summed E-state index contributed by atoms with van der Waals surface area (Å²) >= 11 is 0. The third-order valence-electron chi connectivity index (χ3n) is 4.21. The molecule has 1 aromatic carbocycles. The van der Waals surface area contributed by atoms with Gasteiger partial charge in [0.2, 0.25) is 11.8 Å². The van der Waals surface area contributed by atoms with E-state index in [4.69, 9.17) is 4.74 Å². The normalized spacial score (nSPS) is 13.4. The molecule has 0 aliphatic heterocycles. The van der Waals surface area contributed by atoms with Gasteiger partial charge >= 0.3 is 5.97 Å². The van der Waals surface area contributed by atoms with Gasteiger partial charge in [-0.05, 0) is 17.4 Å². The van der Waals surface area contributed by atoms with Crippen molar-refractivity contribution in [2.24, 2.45) is 17.8 Å². The number of rotatable bonds is 9. The molecule has 0 radical (unpaired) electrons. The number of nitrogens with one attached hydrogen (secondary N) is 2. The standard InChI is InChI=1S/C21H32N2O4/c1-13(2)17(22-19(24)15(5)6)20(25)23-18(14(3)4)21(26)27-12-16-10-8-7-9-11-16/h7-11,13-15,17-18H,12H2,1-6H3,(H,22,24)(H,23,25)/t17-,18-/m0/s1. The fraction of sp³-hybridized carbons (Fsp3) is 0.571. The zero-order chi connectivity index (χ0) is 20.6. The molecule has 6 heteroatoms. The van der Waals surface area contributed by atoms with Crippen LogP contribution >= 0.6 is 0 Å². The molecule has 6 nitrogen and oxygen atoms in total. The van der Waals surface area contributed by atoms with Crippen molar-refractivity contribution in [3.8, 4) is 0 Å². The van der Waals surface area contributed by atoms with Crippen molar-refractivity contribution in [3.63, 3.8) is 0 Å². The van der Waals surface area contributed by atoms with Crippen LogP contribution in [0.4, 0.5) is 0 Å². The molecular weight excluding hydrogens is 344 g/mol. The van der Waals surface area contributed by atoms with Crippen molar-refractivity contribution in [3.05, 3.63) is 35.9 Å². The lowest BCUT2D eigenvalue weighted by Gasteiger charge is -2.27. The van der Waals surface area contributed by atoms with E-state index in [2.05, 4.69) is 10.6 Å². The number of esters is 1. The predicted molar refractivity (Wildman–Crippen MR) is 105 cm³/mol. The number of carbonyl (C=O) groups is 3. The number of carbonyl (C=O) groups excluding carboxylic acids is 3. The molecular formula is C21H32N2O4. The zero-order valence-corrected chi connectivity index (χ0v) is 17.1. The van der Waals surface area contributed by atoms with E-state index in [9.17, 15) is 14.4 Å². The van der Waals surface area contributed by atoms with Crippen molar-refractivity contribution >= 4 is 17.8 Å². The molecule has 0 aromatic heterocycles. The molecule has 0 aliphatic carbocycles. The molecule has 2 atom stereocenters. The largest absolute Gasteiger partial charge is 0.459 e. The Kier molecular flexibility index (Phi) is 8.98. The van der Waals surface area contributed by atoms with Crippen molar-refractivity contribution in [1.82, 2.24) is 10.6 Å². The van der Waals surface area contributed by atoms with Crippen molar-refractivity contribution in [2.75, 3.05) is 0 Å². The van der Waals surface area contributed by atoms with Crippen LogP contribution < -0.4 is 10.6 Å². The third-order valence-corrected chi connectivity index (χ3v) is 4.21. The van der Waals surface area contributed by atoms with Gasteiger partial charge in [0.15, 0.2) is 0 Å². The van der Waals surface area contributed by atoms with Crippen LogP contribution in [-0.2, 0) is 25.7 Å². The summed E-state index contributed by atoms with van der Waals surface area (Å²) in [4.78, 5) is 37.2. The molecule has 0 spiro atoms. The Bertz CT molecular complexity index is 626. The topological polar surface area (TPSA) is 84.5 Å². The Balaban J connectivity index is 2.76. The van der Waals surface area contributed by atoms with Gasteiger partial charge in [-0.25, -0.2) is 4.79 Å². The summed E-state index contributed by atoms with van der Waals surface area (Å²) in [6.45, 7) is 11.1. The van der Waals surface area contributed by atoms with Crippen molar-refractivity contribution in [1.29, 1.82) is 0 Å². The molecule has 0 saturated carbocycles. The predicted octanol–water partition coefficient (Wildman–Crippen LogP) is 2.67. The number of ether oxygens (including phenoxy) is 1. The van der Waals surface area contributed by atoms with Crippen LogP contribution in [0.25, 0.3) is 0 Å². The molecule has 1 aromatic rings. The Labute approximate surface area is 162 Å². The second kappa shape index (κ2) is 10.7. The molecule has 0 unspecified atom stereocenters. The summed E-state index contributed by atoms with van der Waals surface area (Å²) in [7, 11) is 0. The van der Waals surface area contributed by atoms with E-state index in [0.717, 1.165) is 5.56 Å². The summed E-state index contributed by atoms with van der Waals surface area (Å²) in [5.41, 5.74) is 0.879. The number of benzene rings is 1. The first-order valence-corrected chi connectivity index (χ1v) is 9.44. The molecule has 150 valence electrons. The first kappa shape index (κ1) is 22.7. The maximum Gasteiger partial charge on any atom is 0.329 e. The van der Waals surface area contributed by atoms with Crippen LogP contribution in [0.2, 0.25) is 0 Å². The lowest BCUT2D eigenvalue weighted by atomic mass is 9.99. The average Bonchev–Trinajstić information content (AvgIpc) is 2.61. The summed E-state index contributed by atoms with van der Waals surface area (Å²) in [5, 5.41) is 5.50. The summed E-state index contributed by atoms with van der Waals surface area (Å²) in [6, 6.07) is 7.88. The fourth-order valence-corrected chi connectivity index (χ4v) is 2.41. The van der Waals surface area contributed by atoms with Crippen LogP contribution in [0.3, 0.4) is 0 Å². The highest BCUT2D eigenvalue weighted by Gasteiger charge is 2.31. The lowest BCUT2D eigenvalue weighted by molar-refractivity contribution is -0.150. The second-order valence-electron chi connectivity index (χ2n) is 7.71. The van der Waals surface area contributed by atoms with Crippen molar-refractivity contribution in [2.45, 2.75) is 60.2 Å². The maximum absolute atomic E-state index is 12.7. The van der Waals surface area contributed by atoms with Crippen LogP contribution in [-0.4, -0.2) is 29.9 Å². The molecule has 27 heavy (non-hydrogen) atoms. The fourth-order valence-electron chi connectivity index (χ4n) is 2.41. The van der Waals surface area contributed by atoms with Gasteiger partial charge in [-0.15, -0.1) is 0 Å². The quantitative estimate of drug-likeness (QED) is 0.649. The van der Waals surface area contributed by atoms with Gasteiger partial charge in [0, 0.05) is 5.92 Å². The first-order chi connectivity index (χ1) is 12.6. The van der Waals surface area contributed by atoms with E-state index in [-0.39, 0.29) is 36.2 Å². The van der Waals surface area contributed by atoms with Gasteiger partial charge in [-0.3, -0.25) is 9.59 Å². The molecule has 0 aliphatic rings. The van der Waals surface area contributed by atoms with E-state index in [1.807, 2.05) is 58.0 Å². The summed E-state index contributed by atoms with van der Waals surface area (Å²) < 4.78 is 5.37. The number of hydrogen-bond acceptors (Lipinski definition) is 4. The summed E-state index contributed by atoms with van der Waals surface area (Å²) in [5.74, 6) is -1.55. The average molecular weight is 376 g/mol. The molecule has 1 rings (SSSR count). The minimum absolute atomic E-state index is 0.110. The molecule has 2 N–H and O–H groups in total. The monoisotopic (exact) mass is 376 g/mol. The molecule has 0 saturated heterocycles. The van der Waals surface area contributed by atoms with E-state index < -0.39 is 18.1 Å². The van der Waals surface area contributed by atoms with Gasteiger partial charge in [0.05, 0.1) is 0 Å². The molecule has 0 fully saturated rings. The smallest absolute Gasteiger partial charge is 0.329 e. The van der Waals surface area contributed by atoms with E-state index in [1.54, 1.807) is 13.8 Å². The van der Waals surface area contributed by atoms with Crippen LogP contribution in [0, 0.1) is 17.8 Å². The Morgan fingerprint density at radius 3 is 1.81 bits per heavy atom. The van der Waals surface area contributed by atoms with E-state index in [1.165, 1.54) is 0 Å². The molecule has 0 heterocycles. The van der Waals surface area contributed by atoms with E-state index in [0.29, 0.717) is 0 Å². The Hall–Kier alpha value is -2.37. The minimum atomic E-state index is -0.779. The molecule has 0 bridgehead atoms. The van der Waals surface area contributed by atoms with Gasteiger partial charge in [0.1, 0.15) is 18.7 Å². The SMILES string of the molecule is CC(C)C(=O)N[C@H](C(=O)N[C@H](C(=O)OCc1ccccc1)C(C)C)C(C)C. The minimum Gasteiger partial charge on any atom is -0.459 e. The highest BCUT2D eigenvalue weighted by molar-refractivity contribution is 5.91. The summed E-state index contributed by atoms with van der Waals surface area (Å²) in [6.07, 6.45) is 0. The lowest BCUT2D eigenvalue weighted by Crippen LogP contribution is -2.55. The van der Waals surface area contributed by atoms with E-state index >= 15 is 0 Å². The van der Waals surface area contributed by atoms with Crippen molar-refractivity contribution < 1.29 is 19.1 Å². The van der Waals surface area contributed by atoms with Gasteiger partial charge < -0.3 is 15.4 Å². The Morgan fingerprint density at radius 1 is 0.815 bits per heavy atom. The zero-order valence-electron chi connectivity index (χ0n) is 17.1. The maximum atomic E-state index is 12.7. The van der Waals surface area contributed by atoms with Crippen LogP contribution in [0.15, 0.2) is 30.3 Å². The Morgan fingerprint density at radius 2 is 1.33 bits per heavy atom. The first-order valence-electron chi connectivity index (χ1n) is 9.44. The highest BCUT2D eigenvalue weighted by atomic mass is 16.5. The van der Waals surface area contributed by atoms with Gasteiger partial charge in [-0.2, -0.15) is 0 Å². The third kappa shape index (κ3) is 7.41. The van der Waals surface area contributed by atoms with Crippen LogP contribution in [0.1, 0.15) is 47.1 Å².